The number of nitrogens with zero attached hydrogens (tertiary/aromatic N) is 3. The Balaban J connectivity index is 1.67. The molecule has 1 unspecified atom stereocenters. The number of carbonyl (C=O) groups excluding carboxylic acids is 1. The van der Waals surface area contributed by atoms with Gasteiger partial charge in [0.15, 0.2) is 5.17 Å². The monoisotopic (exact) mass is 434 g/mol. The van der Waals surface area contributed by atoms with Gasteiger partial charge in [-0.3, -0.25) is 9.79 Å². The van der Waals surface area contributed by atoms with E-state index in [0.29, 0.717) is 23.9 Å². The van der Waals surface area contributed by atoms with Crippen molar-refractivity contribution in [3.05, 3.63) is 35.7 Å². The van der Waals surface area contributed by atoms with Gasteiger partial charge in [0.05, 0.1) is 11.6 Å². The van der Waals surface area contributed by atoms with Crippen LogP contribution in [0.5, 0.6) is 0 Å². The molecule has 164 valence electrons. The van der Waals surface area contributed by atoms with Crippen LogP contribution in [0, 0.1) is 12.8 Å². The molecule has 1 aliphatic heterocycles. The largest absolute Gasteiger partial charge is 0.357 e. The summed E-state index contributed by atoms with van der Waals surface area (Å²) >= 11 is 1.44. The predicted octanol–water partition coefficient (Wildman–Crippen LogP) is 4.43. The van der Waals surface area contributed by atoms with Crippen molar-refractivity contribution < 1.29 is 13.9 Å². The van der Waals surface area contributed by atoms with E-state index in [1.54, 1.807) is 0 Å². The lowest BCUT2D eigenvalue weighted by Gasteiger charge is -2.22. The number of rotatable bonds is 7. The smallest absolute Gasteiger partial charge is 0.232 e. The molecule has 30 heavy (non-hydrogen) atoms. The Morgan fingerprint density at radius 3 is 2.93 bits per heavy atom. The summed E-state index contributed by atoms with van der Waals surface area (Å²) in [5.74, 6) is -0.174. The minimum atomic E-state index is -1.01. The number of amides is 1. The van der Waals surface area contributed by atoms with Crippen molar-refractivity contribution in [2.45, 2.75) is 58.9 Å². The molecule has 1 aromatic rings. The Morgan fingerprint density at radius 1 is 1.50 bits per heavy atom. The van der Waals surface area contributed by atoms with Gasteiger partial charge in [0.25, 0.3) is 0 Å². The van der Waals surface area contributed by atoms with Crippen LogP contribution >= 0.6 is 11.8 Å². The second kappa shape index (κ2) is 10.9. The molecule has 3 atom stereocenters. The number of ether oxygens (including phenoxy) is 1. The zero-order valence-corrected chi connectivity index (χ0v) is 18.8. The van der Waals surface area contributed by atoms with E-state index >= 15 is 0 Å². The Bertz CT molecular complexity index is 827. The molecular formula is C22H31FN4O2S. The molecule has 3 rings (SSSR count). The van der Waals surface area contributed by atoms with Gasteiger partial charge in [-0.1, -0.05) is 30.0 Å². The van der Waals surface area contributed by atoms with Crippen LogP contribution in [0.2, 0.25) is 0 Å². The molecule has 1 saturated heterocycles. The van der Waals surface area contributed by atoms with Gasteiger partial charge in [-0.2, -0.15) is 5.10 Å². The maximum atomic E-state index is 13.1. The summed E-state index contributed by atoms with van der Waals surface area (Å²) in [7, 11) is 0. The van der Waals surface area contributed by atoms with Gasteiger partial charge < -0.3 is 10.1 Å². The van der Waals surface area contributed by atoms with E-state index in [-0.39, 0.29) is 12.1 Å². The highest BCUT2D eigenvalue weighted by atomic mass is 32.2. The van der Waals surface area contributed by atoms with Crippen molar-refractivity contribution in [1.29, 1.82) is 0 Å². The van der Waals surface area contributed by atoms with Crippen molar-refractivity contribution in [3.63, 3.8) is 0 Å². The van der Waals surface area contributed by atoms with Crippen LogP contribution < -0.4 is 5.32 Å². The third-order valence-corrected chi connectivity index (χ3v) is 5.93. The average molecular weight is 435 g/mol. The second-order valence-electron chi connectivity index (χ2n) is 7.56. The molecule has 0 radical (unpaired) electrons. The first-order valence-corrected chi connectivity index (χ1v) is 11.6. The molecule has 2 heterocycles. The molecule has 1 aromatic heterocycles. The Labute approximate surface area is 182 Å². The van der Waals surface area contributed by atoms with E-state index < -0.39 is 12.1 Å². The maximum absolute atomic E-state index is 13.1. The fraction of sp³-hybridized carbons (Fsp3) is 0.591. The van der Waals surface area contributed by atoms with Crippen molar-refractivity contribution in [2.75, 3.05) is 18.9 Å². The van der Waals surface area contributed by atoms with E-state index in [1.165, 1.54) is 11.8 Å². The van der Waals surface area contributed by atoms with E-state index in [2.05, 4.69) is 23.3 Å². The summed E-state index contributed by atoms with van der Waals surface area (Å²) < 4.78 is 20.9. The Hall–Kier alpha value is -1.93. The predicted molar refractivity (Wildman–Crippen MR) is 120 cm³/mol. The van der Waals surface area contributed by atoms with Crippen molar-refractivity contribution >= 4 is 28.4 Å². The summed E-state index contributed by atoms with van der Waals surface area (Å²) in [4.78, 5) is 16.4. The van der Waals surface area contributed by atoms with E-state index in [4.69, 9.17) is 9.84 Å². The van der Waals surface area contributed by atoms with Crippen LogP contribution in [0.25, 0.3) is 5.57 Å². The number of aromatic nitrogens is 2. The number of aliphatic imine (C=N–C) groups is 1. The van der Waals surface area contributed by atoms with E-state index in [0.717, 1.165) is 42.7 Å². The number of alkyl halides is 1. The number of nitrogens with one attached hydrogen (secondary N) is 1. The third-order valence-electron chi connectivity index (χ3n) is 5.09. The lowest BCUT2D eigenvalue weighted by molar-refractivity contribution is -0.121. The third kappa shape index (κ3) is 6.04. The number of hydrogen-bond acceptors (Lipinski definition) is 5. The molecule has 1 saturated carbocycles. The molecular weight excluding hydrogens is 403 g/mol. The summed E-state index contributed by atoms with van der Waals surface area (Å²) in [5.41, 5.74) is 3.04. The van der Waals surface area contributed by atoms with Crippen molar-refractivity contribution in [1.82, 2.24) is 15.1 Å². The summed E-state index contributed by atoms with van der Waals surface area (Å²) in [6, 6.07) is 0. The zero-order valence-electron chi connectivity index (χ0n) is 17.9. The van der Waals surface area contributed by atoms with Gasteiger partial charge in [0, 0.05) is 25.1 Å². The molecule has 2 aliphatic rings. The second-order valence-corrected chi connectivity index (χ2v) is 8.57. The SMILES string of the molecule is C/C=C\C(=C/CS/C(=N\CC)NC(=O)[C@@H]1C[C@@H]1F)c1nn(C2CCCCO2)cc1C. The normalized spacial score (nSPS) is 25.0. The van der Waals surface area contributed by atoms with Crippen LogP contribution in [0.4, 0.5) is 4.39 Å². The highest BCUT2D eigenvalue weighted by Crippen LogP contribution is 2.34. The fourth-order valence-corrected chi connectivity index (χ4v) is 4.19. The van der Waals surface area contributed by atoms with E-state index in [1.807, 2.05) is 36.9 Å². The van der Waals surface area contributed by atoms with Gasteiger partial charge in [-0.15, -0.1) is 0 Å². The van der Waals surface area contributed by atoms with Crippen molar-refractivity contribution in [2.24, 2.45) is 10.9 Å². The lowest BCUT2D eigenvalue weighted by atomic mass is 10.1. The van der Waals surface area contributed by atoms with Gasteiger partial charge >= 0.3 is 0 Å². The highest BCUT2D eigenvalue weighted by Gasteiger charge is 2.43. The molecule has 0 aromatic carbocycles. The Morgan fingerprint density at radius 2 is 2.30 bits per heavy atom. The number of allylic oxidation sites excluding steroid dienone is 3. The molecule has 6 nitrogen and oxygen atoms in total. The quantitative estimate of drug-likeness (QED) is 0.392. The minimum Gasteiger partial charge on any atom is -0.357 e. The summed E-state index contributed by atoms with van der Waals surface area (Å²) in [5, 5.41) is 8.10. The first kappa shape index (κ1) is 22.7. The molecule has 0 bridgehead atoms. The molecule has 0 spiro atoms. The summed E-state index contributed by atoms with van der Waals surface area (Å²) in [6.07, 6.45) is 10.7. The van der Waals surface area contributed by atoms with E-state index in [9.17, 15) is 9.18 Å². The molecule has 1 amide bonds. The van der Waals surface area contributed by atoms with Crippen LogP contribution in [0.15, 0.2) is 29.4 Å². The van der Waals surface area contributed by atoms with Crippen molar-refractivity contribution in [3.8, 4) is 0 Å². The zero-order chi connectivity index (χ0) is 21.5. The highest BCUT2D eigenvalue weighted by molar-refractivity contribution is 8.14. The standard InChI is InChI=1S/C22H31FN4O2S/c1-4-8-16(20-15(3)14-27(26-20)19-9-6-7-11-29-19)10-12-30-22(24-5-2)25-21(28)17-13-18(17)23/h4,8,10,14,17-19H,5-7,9,11-13H2,1-3H3,(H,24,25,28)/b8-4-,16-10+/t17-,18+,19?/m1/s1. The van der Waals surface area contributed by atoms with Crippen LogP contribution in [-0.2, 0) is 9.53 Å². The number of hydrogen-bond donors (Lipinski definition) is 1. The first-order valence-electron chi connectivity index (χ1n) is 10.7. The van der Waals surface area contributed by atoms with Gasteiger partial charge in [-0.25, -0.2) is 9.07 Å². The first-order chi connectivity index (χ1) is 14.5. The number of halogens is 1. The van der Waals surface area contributed by atoms with Gasteiger partial charge in [-0.05, 0) is 57.6 Å². The Kier molecular flexibility index (Phi) is 8.27. The number of aryl methyl sites for hydroxylation is 1. The minimum absolute atomic E-state index is 0.00712. The van der Waals surface area contributed by atoms with Crippen LogP contribution in [-0.4, -0.2) is 45.9 Å². The fourth-order valence-electron chi connectivity index (χ4n) is 3.38. The van der Waals surface area contributed by atoms with Crippen LogP contribution in [0.3, 0.4) is 0 Å². The number of amidine groups is 1. The lowest BCUT2D eigenvalue weighted by Crippen LogP contribution is -2.30. The van der Waals surface area contributed by atoms with Gasteiger partial charge in [0.1, 0.15) is 12.4 Å². The average Bonchev–Trinajstić information content (AvgIpc) is 3.35. The topological polar surface area (TPSA) is 68.5 Å². The molecule has 1 aliphatic carbocycles. The molecule has 8 heteroatoms. The molecule has 2 fully saturated rings. The number of thioether (sulfide) groups is 1. The maximum Gasteiger partial charge on any atom is 0.232 e. The molecule has 1 N–H and O–H groups in total. The summed E-state index contributed by atoms with van der Waals surface area (Å²) in [6.45, 7) is 7.28. The van der Waals surface area contributed by atoms with Crippen LogP contribution in [0.1, 0.15) is 57.0 Å². The number of carbonyl (C=O) groups is 1. The van der Waals surface area contributed by atoms with Gasteiger partial charge in [0.2, 0.25) is 5.91 Å².